The van der Waals surface area contributed by atoms with Gasteiger partial charge in [-0.2, -0.15) is 0 Å². The highest BCUT2D eigenvalue weighted by Gasteiger charge is 2.03. The molecule has 2 nitrogen and oxygen atoms in total. The molecule has 0 fully saturated rings. The van der Waals surface area contributed by atoms with E-state index in [9.17, 15) is 0 Å². The topological polar surface area (TPSA) is 32.3 Å². The molecule has 0 unspecified atom stereocenters. The lowest BCUT2D eigenvalue weighted by molar-refractivity contribution is 0.284. The quantitative estimate of drug-likeness (QED) is 0.694. The molecule has 2 heteroatoms. The van der Waals surface area contributed by atoms with E-state index < -0.39 is 0 Å². The minimum atomic E-state index is 0.303. The van der Waals surface area contributed by atoms with Gasteiger partial charge in [0.15, 0.2) is 0 Å². The molecule has 0 bridgehead atoms. The van der Waals surface area contributed by atoms with Crippen molar-refractivity contribution < 1.29 is 5.11 Å². The first-order valence-electron chi connectivity index (χ1n) is 7.06. The minimum absolute atomic E-state index is 0.303. The molecule has 1 rings (SSSR count). The van der Waals surface area contributed by atoms with E-state index in [-0.39, 0.29) is 0 Å². The van der Waals surface area contributed by atoms with Crippen molar-refractivity contribution in [3.63, 3.8) is 0 Å². The Kier molecular flexibility index (Phi) is 6.99. The van der Waals surface area contributed by atoms with Gasteiger partial charge in [0.25, 0.3) is 0 Å². The van der Waals surface area contributed by atoms with Crippen molar-refractivity contribution in [3.05, 3.63) is 34.9 Å². The van der Waals surface area contributed by atoms with Crippen LogP contribution in [0, 0.1) is 6.92 Å². The molecule has 0 heterocycles. The number of aryl methyl sites for hydroxylation is 1. The summed E-state index contributed by atoms with van der Waals surface area (Å²) < 4.78 is 0. The summed E-state index contributed by atoms with van der Waals surface area (Å²) in [5, 5.41) is 12.1. The molecular formula is C16H27NO. The Hall–Kier alpha value is -0.860. The summed E-state index contributed by atoms with van der Waals surface area (Å²) in [6.07, 6.45) is 3.04. The van der Waals surface area contributed by atoms with E-state index in [1.165, 1.54) is 16.7 Å². The minimum Gasteiger partial charge on any atom is -0.396 e. The van der Waals surface area contributed by atoms with Gasteiger partial charge in [-0.25, -0.2) is 0 Å². The predicted octanol–water partition coefficient (Wildman–Crippen LogP) is 3.02. The standard InChI is InChI=1S/C16H27NO/c1-13(2)15-7-6-14(3)16(12-15)8-10-17-9-4-5-11-18/h6-7,12-13,17-18H,4-5,8-11H2,1-3H3. The van der Waals surface area contributed by atoms with E-state index in [4.69, 9.17) is 5.11 Å². The van der Waals surface area contributed by atoms with Crippen molar-refractivity contribution in [3.8, 4) is 0 Å². The lowest BCUT2D eigenvalue weighted by Crippen LogP contribution is -2.19. The average molecular weight is 249 g/mol. The van der Waals surface area contributed by atoms with E-state index in [2.05, 4.69) is 44.3 Å². The van der Waals surface area contributed by atoms with Crippen molar-refractivity contribution >= 4 is 0 Å². The molecule has 0 aliphatic rings. The van der Waals surface area contributed by atoms with E-state index in [0.29, 0.717) is 12.5 Å². The first-order chi connectivity index (χ1) is 8.65. The molecular weight excluding hydrogens is 222 g/mol. The number of rotatable bonds is 8. The van der Waals surface area contributed by atoms with Crippen LogP contribution in [-0.4, -0.2) is 24.8 Å². The van der Waals surface area contributed by atoms with Gasteiger partial charge in [0.1, 0.15) is 0 Å². The fourth-order valence-corrected chi connectivity index (χ4v) is 2.03. The summed E-state index contributed by atoms with van der Waals surface area (Å²) in [5.74, 6) is 0.599. The van der Waals surface area contributed by atoms with Gasteiger partial charge in [-0.3, -0.25) is 0 Å². The third-order valence-electron chi connectivity index (χ3n) is 3.37. The van der Waals surface area contributed by atoms with Gasteiger partial charge in [-0.15, -0.1) is 0 Å². The molecule has 0 amide bonds. The van der Waals surface area contributed by atoms with Gasteiger partial charge >= 0.3 is 0 Å². The number of unbranched alkanes of at least 4 members (excludes halogenated alkanes) is 1. The van der Waals surface area contributed by atoms with E-state index in [1.54, 1.807) is 0 Å². The molecule has 0 aromatic heterocycles. The Morgan fingerprint density at radius 2 is 1.94 bits per heavy atom. The highest BCUT2D eigenvalue weighted by Crippen LogP contribution is 2.18. The molecule has 102 valence electrons. The molecule has 0 radical (unpaired) electrons. The predicted molar refractivity (Wildman–Crippen MR) is 78.2 cm³/mol. The zero-order valence-corrected chi connectivity index (χ0v) is 12.0. The molecule has 0 aliphatic carbocycles. The maximum Gasteiger partial charge on any atom is 0.0431 e. The van der Waals surface area contributed by atoms with Crippen LogP contribution in [0.25, 0.3) is 0 Å². The molecule has 1 aromatic rings. The summed E-state index contributed by atoms with van der Waals surface area (Å²) in [5.41, 5.74) is 4.27. The number of nitrogens with one attached hydrogen (secondary N) is 1. The second kappa shape index (κ2) is 8.28. The van der Waals surface area contributed by atoms with Crippen LogP contribution in [0.15, 0.2) is 18.2 Å². The van der Waals surface area contributed by atoms with Crippen LogP contribution in [0.2, 0.25) is 0 Å². The molecule has 0 atom stereocenters. The smallest absolute Gasteiger partial charge is 0.0431 e. The van der Waals surface area contributed by atoms with Gasteiger partial charge in [-0.1, -0.05) is 32.0 Å². The Morgan fingerprint density at radius 1 is 1.17 bits per heavy atom. The third-order valence-corrected chi connectivity index (χ3v) is 3.37. The summed E-state index contributed by atoms with van der Waals surface area (Å²) in [6, 6.07) is 6.81. The van der Waals surface area contributed by atoms with E-state index in [1.807, 2.05) is 0 Å². The van der Waals surface area contributed by atoms with Crippen molar-refractivity contribution in [2.45, 2.75) is 46.0 Å². The first kappa shape index (κ1) is 15.2. The summed E-state index contributed by atoms with van der Waals surface area (Å²) in [4.78, 5) is 0. The maximum absolute atomic E-state index is 8.69. The highest BCUT2D eigenvalue weighted by molar-refractivity contribution is 5.32. The van der Waals surface area contributed by atoms with Crippen LogP contribution in [0.3, 0.4) is 0 Å². The number of hydrogen-bond donors (Lipinski definition) is 2. The maximum atomic E-state index is 8.69. The summed E-state index contributed by atoms with van der Waals surface area (Å²) >= 11 is 0. The van der Waals surface area contributed by atoms with Gasteiger partial charge in [0.2, 0.25) is 0 Å². The van der Waals surface area contributed by atoms with Crippen LogP contribution in [-0.2, 0) is 6.42 Å². The third kappa shape index (κ3) is 5.19. The molecule has 0 spiro atoms. The van der Waals surface area contributed by atoms with Gasteiger partial charge in [0, 0.05) is 6.61 Å². The van der Waals surface area contributed by atoms with Crippen LogP contribution in [0.4, 0.5) is 0 Å². The van der Waals surface area contributed by atoms with Crippen LogP contribution >= 0.6 is 0 Å². The highest BCUT2D eigenvalue weighted by atomic mass is 16.2. The van der Waals surface area contributed by atoms with Crippen molar-refractivity contribution in [1.82, 2.24) is 5.32 Å². The fraction of sp³-hybridized carbons (Fsp3) is 0.625. The molecule has 0 saturated heterocycles. The number of aliphatic hydroxyl groups excluding tert-OH is 1. The van der Waals surface area contributed by atoms with Gasteiger partial charge in [-0.05, 0) is 61.9 Å². The lowest BCUT2D eigenvalue weighted by Gasteiger charge is -2.12. The second-order valence-electron chi connectivity index (χ2n) is 5.27. The molecule has 0 aliphatic heterocycles. The fourth-order valence-electron chi connectivity index (χ4n) is 2.03. The molecule has 2 N–H and O–H groups in total. The summed E-state index contributed by atoms with van der Waals surface area (Å²) in [6.45, 7) is 8.99. The van der Waals surface area contributed by atoms with Crippen LogP contribution < -0.4 is 5.32 Å². The van der Waals surface area contributed by atoms with Gasteiger partial charge in [0.05, 0.1) is 0 Å². The number of benzene rings is 1. The van der Waals surface area contributed by atoms with Gasteiger partial charge < -0.3 is 10.4 Å². The second-order valence-corrected chi connectivity index (χ2v) is 5.27. The van der Waals surface area contributed by atoms with Crippen LogP contribution in [0.1, 0.15) is 49.3 Å². The average Bonchev–Trinajstić information content (AvgIpc) is 2.35. The first-order valence-corrected chi connectivity index (χ1v) is 7.06. The molecule has 18 heavy (non-hydrogen) atoms. The van der Waals surface area contributed by atoms with Crippen molar-refractivity contribution in [2.75, 3.05) is 19.7 Å². The van der Waals surface area contributed by atoms with Crippen LogP contribution in [0.5, 0.6) is 0 Å². The Balaban J connectivity index is 2.39. The van der Waals surface area contributed by atoms with Crippen molar-refractivity contribution in [1.29, 1.82) is 0 Å². The zero-order valence-electron chi connectivity index (χ0n) is 12.0. The van der Waals surface area contributed by atoms with E-state index in [0.717, 1.165) is 32.4 Å². The monoisotopic (exact) mass is 249 g/mol. The van der Waals surface area contributed by atoms with Crippen molar-refractivity contribution in [2.24, 2.45) is 0 Å². The molecule has 1 aromatic carbocycles. The van der Waals surface area contributed by atoms with E-state index >= 15 is 0 Å². The Morgan fingerprint density at radius 3 is 2.61 bits per heavy atom. The SMILES string of the molecule is Cc1ccc(C(C)C)cc1CCNCCCCO. The lowest BCUT2D eigenvalue weighted by atomic mass is 9.96. The molecule has 0 saturated carbocycles. The summed E-state index contributed by atoms with van der Waals surface area (Å²) in [7, 11) is 0. The zero-order chi connectivity index (χ0) is 13.4. The Bertz CT molecular complexity index is 347. The largest absolute Gasteiger partial charge is 0.396 e. The number of aliphatic hydroxyl groups is 1. The number of hydrogen-bond acceptors (Lipinski definition) is 2. The Labute approximate surface area is 111 Å². The normalized spacial score (nSPS) is 11.2.